The van der Waals surface area contributed by atoms with Crippen LogP contribution in [0.4, 0.5) is 0 Å². The number of carbonyl (C=O) groups is 1. The fourth-order valence-electron chi connectivity index (χ4n) is 11.2. The van der Waals surface area contributed by atoms with Crippen LogP contribution < -0.4 is 4.72 Å². The Hall–Kier alpha value is -6.83. The Morgan fingerprint density at radius 2 is 0.829 bits per heavy atom. The molecule has 8 aromatic carbocycles. The Balaban J connectivity index is 0.000000173. The smallest absolute Gasteiger partial charge is 0.214 e. The van der Waals surface area contributed by atoms with E-state index in [1.54, 1.807) is 0 Å². The van der Waals surface area contributed by atoms with E-state index in [1.165, 1.54) is 22.9 Å². The van der Waals surface area contributed by atoms with Crippen LogP contribution in [0.25, 0.3) is 0 Å². The fourth-order valence-corrected chi connectivity index (χ4v) is 12.9. The third-order valence-electron chi connectivity index (χ3n) is 14.5. The number of hydrogen-bond acceptors (Lipinski definition) is 8. The Bertz CT molecular complexity index is 3020. The van der Waals surface area contributed by atoms with Crippen LogP contribution in [0.3, 0.4) is 0 Å². The molecule has 0 radical (unpaired) electrons. The SMILES string of the molecule is CS(=O)(=O)CCc1ccccc1.O=C[C@@H]1CCCN1C(c1ccccc1)(c1ccccc1)c1ccccc1.O=S(=O)(C[C@@H](O)[C@@H]1CCCN1C(c1ccccc1)(c1ccccc1)c1ccccc1)NCc1ccccc1. The summed E-state index contributed by atoms with van der Waals surface area (Å²) < 4.78 is 50.4. The van der Waals surface area contributed by atoms with E-state index in [0.717, 1.165) is 66.5 Å². The van der Waals surface area contributed by atoms with Crippen molar-refractivity contribution in [1.82, 2.24) is 14.5 Å². The van der Waals surface area contributed by atoms with Crippen molar-refractivity contribution in [1.29, 1.82) is 0 Å². The topological polar surface area (TPSA) is 124 Å². The molecule has 0 spiro atoms. The zero-order valence-corrected chi connectivity index (χ0v) is 44.8. The molecular formula is C65H69N3O6S2. The van der Waals surface area contributed by atoms with Crippen LogP contribution in [0.1, 0.15) is 70.2 Å². The average Bonchev–Trinajstić information content (AvgIpc) is 4.17. The van der Waals surface area contributed by atoms with Crippen LogP contribution in [-0.4, -0.2) is 87.1 Å². The molecule has 76 heavy (non-hydrogen) atoms. The monoisotopic (exact) mass is 1050 g/mol. The molecule has 0 unspecified atom stereocenters. The molecule has 0 bridgehead atoms. The van der Waals surface area contributed by atoms with Crippen molar-refractivity contribution in [2.45, 2.75) is 67.9 Å². The summed E-state index contributed by atoms with van der Waals surface area (Å²) in [5.41, 5.74) is 7.65. The van der Waals surface area contributed by atoms with E-state index in [2.05, 4.69) is 124 Å². The van der Waals surface area contributed by atoms with Gasteiger partial charge in [0, 0.05) is 31.9 Å². The normalized spacial score (nSPS) is 16.6. The molecule has 0 aliphatic carbocycles. The Morgan fingerprint density at radius 3 is 1.20 bits per heavy atom. The van der Waals surface area contributed by atoms with Crippen LogP contribution in [-0.2, 0) is 48.7 Å². The predicted molar refractivity (Wildman–Crippen MR) is 307 cm³/mol. The number of aliphatic hydroxyl groups excluding tert-OH is 1. The van der Waals surface area contributed by atoms with Gasteiger partial charge in [0.1, 0.15) is 16.1 Å². The first-order chi connectivity index (χ1) is 37.0. The minimum Gasteiger partial charge on any atom is -0.390 e. The van der Waals surface area contributed by atoms with E-state index in [9.17, 15) is 26.7 Å². The van der Waals surface area contributed by atoms with Crippen molar-refractivity contribution in [3.05, 3.63) is 287 Å². The van der Waals surface area contributed by atoms with E-state index >= 15 is 0 Å². The maximum atomic E-state index is 13.0. The number of nitrogens with one attached hydrogen (secondary N) is 1. The highest BCUT2D eigenvalue weighted by Gasteiger charge is 2.49. The summed E-state index contributed by atoms with van der Waals surface area (Å²) in [5, 5.41) is 11.5. The second-order valence-corrected chi connectivity index (χ2v) is 23.7. The summed E-state index contributed by atoms with van der Waals surface area (Å²) in [6, 6.07) is 81.3. The molecule has 2 N–H and O–H groups in total. The van der Waals surface area contributed by atoms with Crippen LogP contribution in [0.5, 0.6) is 0 Å². The third kappa shape index (κ3) is 13.4. The Kier molecular flexibility index (Phi) is 19.2. The third-order valence-corrected chi connectivity index (χ3v) is 16.9. The summed E-state index contributed by atoms with van der Waals surface area (Å²) in [7, 11) is -6.53. The van der Waals surface area contributed by atoms with Gasteiger partial charge in [0.15, 0.2) is 0 Å². The second-order valence-electron chi connectivity index (χ2n) is 19.6. The van der Waals surface area contributed by atoms with Gasteiger partial charge in [0.05, 0.1) is 34.7 Å². The number of sulfone groups is 1. The first-order valence-corrected chi connectivity index (χ1v) is 29.9. The molecule has 392 valence electrons. The van der Waals surface area contributed by atoms with Gasteiger partial charge in [0.25, 0.3) is 0 Å². The molecule has 0 aromatic heterocycles. The van der Waals surface area contributed by atoms with E-state index in [-0.39, 0.29) is 30.1 Å². The number of sulfonamides is 1. The molecular weight excluding hydrogens is 983 g/mol. The largest absolute Gasteiger partial charge is 0.390 e. The van der Waals surface area contributed by atoms with Gasteiger partial charge in [0.2, 0.25) is 10.0 Å². The number of aryl methyl sites for hydroxylation is 1. The Labute approximate surface area is 450 Å². The molecule has 9 nitrogen and oxygen atoms in total. The van der Waals surface area contributed by atoms with E-state index < -0.39 is 37.0 Å². The molecule has 11 heteroatoms. The van der Waals surface area contributed by atoms with Gasteiger partial charge in [-0.25, -0.2) is 21.6 Å². The molecule has 2 heterocycles. The number of rotatable bonds is 18. The molecule has 0 amide bonds. The Morgan fingerprint density at radius 1 is 0.500 bits per heavy atom. The van der Waals surface area contributed by atoms with Gasteiger partial charge in [-0.05, 0) is 76.6 Å². The van der Waals surface area contributed by atoms with Crippen molar-refractivity contribution >= 4 is 26.1 Å². The lowest BCUT2D eigenvalue weighted by Crippen LogP contribution is -2.55. The highest BCUT2D eigenvalue weighted by molar-refractivity contribution is 7.90. The molecule has 8 aromatic rings. The quantitative estimate of drug-likeness (QED) is 0.0643. The van der Waals surface area contributed by atoms with Crippen LogP contribution in [0.2, 0.25) is 0 Å². The zero-order valence-electron chi connectivity index (χ0n) is 43.2. The van der Waals surface area contributed by atoms with Crippen molar-refractivity contribution < 1.29 is 26.7 Å². The average molecular weight is 1050 g/mol. The molecule has 2 fully saturated rings. The number of carbonyl (C=O) groups excluding carboxylic acids is 1. The number of likely N-dealkylation sites (tertiary alicyclic amines) is 2. The summed E-state index contributed by atoms with van der Waals surface area (Å²) in [6.45, 7) is 1.84. The highest BCUT2D eigenvalue weighted by Crippen LogP contribution is 2.47. The van der Waals surface area contributed by atoms with Gasteiger partial charge in [-0.3, -0.25) is 9.80 Å². The van der Waals surface area contributed by atoms with Crippen molar-refractivity contribution in [3.8, 4) is 0 Å². The van der Waals surface area contributed by atoms with Crippen molar-refractivity contribution in [2.24, 2.45) is 0 Å². The van der Waals surface area contributed by atoms with Gasteiger partial charge >= 0.3 is 0 Å². The van der Waals surface area contributed by atoms with E-state index in [4.69, 9.17) is 0 Å². The van der Waals surface area contributed by atoms with Crippen molar-refractivity contribution in [2.75, 3.05) is 30.9 Å². The lowest BCUT2D eigenvalue weighted by Gasteiger charge is -2.47. The minimum atomic E-state index is -3.71. The fraction of sp³-hybridized carbons (Fsp3) is 0.246. The number of hydrogen-bond donors (Lipinski definition) is 2. The molecule has 2 aliphatic rings. The van der Waals surface area contributed by atoms with Gasteiger partial charge in [-0.1, -0.05) is 243 Å². The highest BCUT2D eigenvalue weighted by atomic mass is 32.2. The first kappa shape index (κ1) is 55.4. The first-order valence-electron chi connectivity index (χ1n) is 26.2. The van der Waals surface area contributed by atoms with Gasteiger partial charge in [-0.2, -0.15) is 0 Å². The molecule has 3 atom stereocenters. The summed E-state index contributed by atoms with van der Waals surface area (Å²) in [4.78, 5) is 16.6. The van der Waals surface area contributed by atoms with Crippen LogP contribution in [0.15, 0.2) is 243 Å². The van der Waals surface area contributed by atoms with Gasteiger partial charge < -0.3 is 9.90 Å². The lowest BCUT2D eigenvalue weighted by atomic mass is 9.75. The maximum Gasteiger partial charge on any atom is 0.214 e. The maximum absolute atomic E-state index is 13.0. The molecule has 2 aliphatic heterocycles. The van der Waals surface area contributed by atoms with E-state index in [0.29, 0.717) is 12.8 Å². The number of aliphatic hydroxyl groups is 1. The molecule has 0 saturated carbocycles. The standard InChI is InChI=1S/C32H34N2O3S.C24H23NO.C9H12O2S/c35-31(25-38(36,37)33-24-26-14-5-1-6-15-26)30-22-13-23-34(30)32(27-16-7-2-8-17-27,28-18-9-3-10-19-28)29-20-11-4-12-21-29;26-19-23-17-10-18-25(23)24(20-11-4-1-5-12-20,21-13-6-2-7-14-21)22-15-8-3-9-16-22;1-12(10,11)8-7-9-5-3-2-4-6-9/h1-12,14-21,30-31,33,35H,13,22-25H2;1-9,11-16,19,23H,10,17-18H2;2-6H,7-8H2,1H3/t30-,31+;23-;/m00./s1. The molecule has 10 rings (SSSR count). The zero-order chi connectivity index (χ0) is 53.3. The van der Waals surface area contributed by atoms with Crippen LogP contribution in [0, 0.1) is 0 Å². The number of nitrogens with zero attached hydrogens (tertiary/aromatic N) is 2. The number of aldehydes is 1. The summed E-state index contributed by atoms with van der Waals surface area (Å²) in [5.74, 6) is -0.119. The van der Waals surface area contributed by atoms with Crippen molar-refractivity contribution in [3.63, 3.8) is 0 Å². The lowest BCUT2D eigenvalue weighted by molar-refractivity contribution is -0.112. The predicted octanol–water partition coefficient (Wildman–Crippen LogP) is 10.8. The summed E-state index contributed by atoms with van der Waals surface area (Å²) in [6.07, 6.45) is 5.47. The van der Waals surface area contributed by atoms with Crippen LogP contribution >= 0.6 is 0 Å². The van der Waals surface area contributed by atoms with Gasteiger partial charge in [-0.15, -0.1) is 0 Å². The second kappa shape index (κ2) is 26.3. The number of benzene rings is 8. The summed E-state index contributed by atoms with van der Waals surface area (Å²) >= 11 is 0. The minimum absolute atomic E-state index is 0.0735. The molecule has 2 saturated heterocycles. The van der Waals surface area contributed by atoms with E-state index in [1.807, 2.05) is 133 Å².